The third-order valence-electron chi connectivity index (χ3n) is 9.65. The fourth-order valence-corrected chi connectivity index (χ4v) is 8.53. The molecule has 0 N–H and O–H groups in total. The van der Waals surface area contributed by atoms with Crippen LogP contribution in [-0.2, 0) is 0 Å². The maximum Gasteiger partial charge on any atom is 0.136 e. The molecule has 0 aliphatic rings. The van der Waals surface area contributed by atoms with E-state index in [9.17, 15) is 0 Å². The lowest BCUT2D eigenvalue weighted by molar-refractivity contribution is 0.669. The lowest BCUT2D eigenvalue weighted by atomic mass is 9.99. The molecule has 49 heavy (non-hydrogen) atoms. The number of fused-ring (bicyclic) bond motifs is 8. The average molecular weight is 644 g/mol. The molecule has 10 aromatic rings. The van der Waals surface area contributed by atoms with Crippen molar-refractivity contribution >= 4 is 81.3 Å². The monoisotopic (exact) mass is 643 g/mol. The van der Waals surface area contributed by atoms with Gasteiger partial charge < -0.3 is 9.32 Å². The molecule has 0 spiro atoms. The van der Waals surface area contributed by atoms with Crippen molar-refractivity contribution in [1.82, 2.24) is 0 Å². The fraction of sp³-hybridized carbons (Fsp3) is 0. The quantitative estimate of drug-likeness (QED) is 0.186. The molecule has 2 nitrogen and oxygen atoms in total. The summed E-state index contributed by atoms with van der Waals surface area (Å²) in [6.07, 6.45) is 0. The van der Waals surface area contributed by atoms with Crippen molar-refractivity contribution in [2.24, 2.45) is 0 Å². The van der Waals surface area contributed by atoms with Crippen molar-refractivity contribution in [3.05, 3.63) is 176 Å². The van der Waals surface area contributed by atoms with Crippen molar-refractivity contribution in [3.63, 3.8) is 0 Å². The summed E-state index contributed by atoms with van der Waals surface area (Å²) >= 11 is 1.86. The van der Waals surface area contributed by atoms with Crippen molar-refractivity contribution in [3.8, 4) is 22.3 Å². The lowest BCUT2D eigenvalue weighted by Crippen LogP contribution is -2.10. The van der Waals surface area contributed by atoms with E-state index >= 15 is 0 Å². The van der Waals surface area contributed by atoms with E-state index in [1.54, 1.807) is 0 Å². The van der Waals surface area contributed by atoms with E-state index in [2.05, 4.69) is 181 Å². The van der Waals surface area contributed by atoms with E-state index in [-0.39, 0.29) is 0 Å². The van der Waals surface area contributed by atoms with Gasteiger partial charge in [0.15, 0.2) is 0 Å². The van der Waals surface area contributed by atoms with Crippen molar-refractivity contribution in [2.75, 3.05) is 4.90 Å². The van der Waals surface area contributed by atoms with Crippen molar-refractivity contribution in [1.29, 1.82) is 0 Å². The van der Waals surface area contributed by atoms with E-state index in [0.717, 1.165) is 27.9 Å². The Labute approximate surface area is 287 Å². The van der Waals surface area contributed by atoms with Gasteiger partial charge in [-0.2, -0.15) is 0 Å². The highest BCUT2D eigenvalue weighted by Gasteiger charge is 2.19. The first kappa shape index (κ1) is 27.9. The number of benzene rings is 8. The molecular formula is C46H29NOS. The van der Waals surface area contributed by atoms with Crippen LogP contribution >= 0.6 is 11.3 Å². The van der Waals surface area contributed by atoms with Crippen molar-refractivity contribution in [2.45, 2.75) is 0 Å². The highest BCUT2D eigenvalue weighted by molar-refractivity contribution is 7.26. The second-order valence-electron chi connectivity index (χ2n) is 12.5. The highest BCUT2D eigenvalue weighted by Crippen LogP contribution is 2.45. The molecule has 0 saturated heterocycles. The van der Waals surface area contributed by atoms with Crippen LogP contribution < -0.4 is 4.90 Å². The summed E-state index contributed by atoms with van der Waals surface area (Å²) in [6.45, 7) is 0. The fourth-order valence-electron chi connectivity index (χ4n) is 7.32. The third kappa shape index (κ3) is 4.62. The van der Waals surface area contributed by atoms with E-state index in [1.807, 2.05) is 11.3 Å². The highest BCUT2D eigenvalue weighted by atomic mass is 32.1. The zero-order valence-corrected chi connectivity index (χ0v) is 27.3. The van der Waals surface area contributed by atoms with Crippen LogP contribution in [0.2, 0.25) is 0 Å². The van der Waals surface area contributed by atoms with Crippen LogP contribution in [0.1, 0.15) is 0 Å². The number of furan rings is 1. The van der Waals surface area contributed by atoms with Gasteiger partial charge in [-0.05, 0) is 87.6 Å². The minimum atomic E-state index is 0.910. The normalized spacial score (nSPS) is 11.7. The number of rotatable bonds is 5. The molecule has 0 saturated carbocycles. The summed E-state index contributed by atoms with van der Waals surface area (Å²) in [5.41, 5.74) is 9.97. The first-order valence-electron chi connectivity index (χ1n) is 16.6. The van der Waals surface area contributed by atoms with Gasteiger partial charge in [0.2, 0.25) is 0 Å². The predicted octanol–water partition coefficient (Wildman–Crippen LogP) is 13.9. The first-order valence-corrected chi connectivity index (χ1v) is 17.4. The van der Waals surface area contributed by atoms with E-state index in [4.69, 9.17) is 4.42 Å². The van der Waals surface area contributed by atoms with Crippen LogP contribution in [0, 0.1) is 0 Å². The minimum absolute atomic E-state index is 0.910. The summed E-state index contributed by atoms with van der Waals surface area (Å²) in [4.78, 5) is 2.41. The minimum Gasteiger partial charge on any atom is -0.456 e. The van der Waals surface area contributed by atoms with E-state index in [1.165, 1.54) is 64.3 Å². The SMILES string of the molecule is c1ccc(-c2cccc(N(c3ccc(-c4ccc5oc6ccc7ccccc7c6c5c4)cc3)c3cccc4c3sc3ccccc34)c2)cc1. The molecule has 0 atom stereocenters. The molecule has 0 fully saturated rings. The standard InChI is InChI=1S/C46H29NOS/c1-2-10-30(11-3-1)33-13-8-14-36(28-33)47(41-18-9-17-39-38-16-6-7-19-44(38)49-46(39)41)35-24-20-31(21-25-35)34-23-26-42-40(29-34)45-37-15-5-4-12-32(37)22-27-43(45)48-42/h1-29H. The van der Waals surface area contributed by atoms with Gasteiger partial charge in [-0.15, -0.1) is 11.3 Å². The van der Waals surface area contributed by atoms with Crippen molar-refractivity contribution < 1.29 is 4.42 Å². The van der Waals surface area contributed by atoms with Gasteiger partial charge in [0, 0.05) is 37.6 Å². The second-order valence-corrected chi connectivity index (χ2v) is 13.6. The number of hydrogen-bond donors (Lipinski definition) is 0. The van der Waals surface area contributed by atoms with Gasteiger partial charge in [-0.3, -0.25) is 0 Å². The van der Waals surface area contributed by atoms with Crippen LogP contribution in [-0.4, -0.2) is 0 Å². The average Bonchev–Trinajstić information content (AvgIpc) is 3.75. The summed E-state index contributed by atoms with van der Waals surface area (Å²) in [7, 11) is 0. The molecule has 3 heteroatoms. The Morgan fingerprint density at radius 3 is 1.98 bits per heavy atom. The molecule has 0 unspecified atom stereocenters. The van der Waals surface area contributed by atoms with Crippen LogP contribution in [0.15, 0.2) is 180 Å². The summed E-state index contributed by atoms with van der Waals surface area (Å²) in [6, 6.07) is 63.2. The van der Waals surface area contributed by atoms with Crippen LogP contribution in [0.5, 0.6) is 0 Å². The smallest absolute Gasteiger partial charge is 0.136 e. The van der Waals surface area contributed by atoms with E-state index in [0.29, 0.717) is 0 Å². The Kier molecular flexibility index (Phi) is 6.39. The maximum absolute atomic E-state index is 6.29. The number of thiophene rings is 1. The van der Waals surface area contributed by atoms with Gasteiger partial charge in [0.05, 0.1) is 10.4 Å². The maximum atomic E-state index is 6.29. The number of anilines is 3. The summed E-state index contributed by atoms with van der Waals surface area (Å²) in [5, 5.41) is 7.34. The van der Waals surface area contributed by atoms with E-state index < -0.39 is 0 Å². The van der Waals surface area contributed by atoms with Gasteiger partial charge >= 0.3 is 0 Å². The summed E-state index contributed by atoms with van der Waals surface area (Å²) < 4.78 is 8.87. The Balaban J connectivity index is 1.12. The first-order chi connectivity index (χ1) is 24.3. The number of hydrogen-bond acceptors (Lipinski definition) is 3. The zero-order valence-electron chi connectivity index (χ0n) is 26.5. The Morgan fingerprint density at radius 1 is 0.408 bits per heavy atom. The Morgan fingerprint density at radius 2 is 1.08 bits per heavy atom. The molecule has 0 aliphatic carbocycles. The molecule has 10 rings (SSSR count). The van der Waals surface area contributed by atoms with Crippen LogP contribution in [0.3, 0.4) is 0 Å². The molecule has 0 aliphatic heterocycles. The lowest BCUT2D eigenvalue weighted by Gasteiger charge is -2.27. The van der Waals surface area contributed by atoms with Gasteiger partial charge in [-0.1, -0.05) is 121 Å². The van der Waals surface area contributed by atoms with Gasteiger partial charge in [0.1, 0.15) is 11.2 Å². The predicted molar refractivity (Wildman–Crippen MR) is 210 cm³/mol. The molecule has 0 amide bonds. The molecular weight excluding hydrogens is 615 g/mol. The largest absolute Gasteiger partial charge is 0.456 e. The molecule has 230 valence electrons. The Hall–Kier alpha value is -6.16. The summed E-state index contributed by atoms with van der Waals surface area (Å²) in [5.74, 6) is 0. The van der Waals surface area contributed by atoms with Crippen LogP contribution in [0.25, 0.3) is 75.1 Å². The molecule has 8 aromatic carbocycles. The van der Waals surface area contributed by atoms with Crippen LogP contribution in [0.4, 0.5) is 17.1 Å². The van der Waals surface area contributed by atoms with Gasteiger partial charge in [0.25, 0.3) is 0 Å². The Bertz CT molecular complexity index is 2830. The molecule has 0 bridgehead atoms. The number of nitrogens with zero attached hydrogens (tertiary/aromatic N) is 1. The third-order valence-corrected chi connectivity index (χ3v) is 10.9. The topological polar surface area (TPSA) is 16.4 Å². The molecule has 2 heterocycles. The molecule has 2 aromatic heterocycles. The molecule has 0 radical (unpaired) electrons. The zero-order chi connectivity index (χ0) is 32.3. The second kappa shape index (κ2) is 11.2. The van der Waals surface area contributed by atoms with Gasteiger partial charge in [-0.25, -0.2) is 0 Å².